The molecule has 0 saturated heterocycles. The minimum atomic E-state index is 0.671. The van der Waals surface area contributed by atoms with Gasteiger partial charge in [-0.3, -0.25) is 0 Å². The van der Waals surface area contributed by atoms with Crippen LogP contribution in [0.15, 0.2) is 52.5 Å². The first-order chi connectivity index (χ1) is 7.79. The van der Waals surface area contributed by atoms with Gasteiger partial charge in [0.05, 0.1) is 3.94 Å². The molecule has 0 nitrogen and oxygen atoms in total. The van der Waals surface area contributed by atoms with Gasteiger partial charge in [0.15, 0.2) is 0 Å². The van der Waals surface area contributed by atoms with Crippen molar-refractivity contribution in [1.29, 1.82) is 0 Å². The number of benzene rings is 2. The molecule has 3 rings (SSSR count). The molecule has 0 heterocycles. The predicted molar refractivity (Wildman–Crippen MR) is 72.7 cm³/mol. The van der Waals surface area contributed by atoms with Crippen LogP contribution < -0.4 is 0 Å². The highest BCUT2D eigenvalue weighted by Gasteiger charge is 2.23. The van der Waals surface area contributed by atoms with E-state index in [9.17, 15) is 0 Å². The first kappa shape index (κ1) is 10.1. The van der Waals surface area contributed by atoms with Gasteiger partial charge >= 0.3 is 0 Å². The highest BCUT2D eigenvalue weighted by molar-refractivity contribution is 9.12. The average Bonchev–Trinajstić information content (AvgIpc) is 2.63. The Bertz CT molecular complexity index is 548. The predicted octanol–water partition coefficient (Wildman–Crippen LogP) is 5.02. The van der Waals surface area contributed by atoms with E-state index in [0.29, 0.717) is 3.94 Å². The molecule has 0 atom stereocenters. The summed E-state index contributed by atoms with van der Waals surface area (Å²) >= 11 is 9.52. The van der Waals surface area contributed by atoms with Crippen LogP contribution in [0.3, 0.4) is 0 Å². The molecule has 2 aromatic rings. The standard InChI is InChI=1S/C14H8BrCl/c15-14(16)13-11-7-3-1-5-9(11)10-6-2-4-8-12(10)13/h1-8H. The summed E-state index contributed by atoms with van der Waals surface area (Å²) in [7, 11) is 0. The summed E-state index contributed by atoms with van der Waals surface area (Å²) in [6.07, 6.45) is 0. The van der Waals surface area contributed by atoms with Crippen LogP contribution >= 0.6 is 27.5 Å². The van der Waals surface area contributed by atoms with Crippen LogP contribution in [0.5, 0.6) is 0 Å². The SMILES string of the molecule is ClC(Br)=C1c2ccccc2-c2ccccc21. The van der Waals surface area contributed by atoms with Gasteiger partial charge in [0.25, 0.3) is 0 Å². The highest BCUT2D eigenvalue weighted by atomic mass is 79.9. The molecule has 0 bridgehead atoms. The first-order valence-electron chi connectivity index (χ1n) is 5.03. The van der Waals surface area contributed by atoms with E-state index in [0.717, 1.165) is 5.57 Å². The Balaban J connectivity index is 2.44. The Morgan fingerprint density at radius 1 is 0.750 bits per heavy atom. The van der Waals surface area contributed by atoms with Crippen molar-refractivity contribution in [3.63, 3.8) is 0 Å². The quantitative estimate of drug-likeness (QED) is 0.546. The second-order valence-corrected chi connectivity index (χ2v) is 5.35. The number of hydrogen-bond donors (Lipinski definition) is 0. The van der Waals surface area contributed by atoms with Crippen molar-refractivity contribution >= 4 is 33.1 Å². The van der Waals surface area contributed by atoms with Crippen LogP contribution in [0.25, 0.3) is 16.7 Å². The Kier molecular flexibility index (Phi) is 2.38. The Hall–Kier alpha value is -1.05. The van der Waals surface area contributed by atoms with Crippen molar-refractivity contribution in [1.82, 2.24) is 0 Å². The molecule has 0 spiro atoms. The molecular formula is C14H8BrCl. The maximum absolute atomic E-state index is 6.14. The lowest BCUT2D eigenvalue weighted by Gasteiger charge is -2.01. The van der Waals surface area contributed by atoms with Gasteiger partial charge in [-0.1, -0.05) is 60.1 Å². The largest absolute Gasteiger partial charge is 0.0918 e. The summed E-state index contributed by atoms with van der Waals surface area (Å²) in [6.45, 7) is 0. The van der Waals surface area contributed by atoms with Crippen molar-refractivity contribution in [2.24, 2.45) is 0 Å². The van der Waals surface area contributed by atoms with Crippen molar-refractivity contribution in [3.8, 4) is 11.1 Å². The van der Waals surface area contributed by atoms with Crippen molar-refractivity contribution in [2.45, 2.75) is 0 Å². The molecule has 2 heteroatoms. The fourth-order valence-electron chi connectivity index (χ4n) is 2.22. The monoisotopic (exact) mass is 290 g/mol. The topological polar surface area (TPSA) is 0 Å². The van der Waals surface area contributed by atoms with Crippen LogP contribution in [0.1, 0.15) is 11.1 Å². The molecule has 0 aromatic heterocycles. The van der Waals surface area contributed by atoms with Gasteiger partial charge < -0.3 is 0 Å². The van der Waals surface area contributed by atoms with Crippen LogP contribution in [0.2, 0.25) is 0 Å². The third kappa shape index (κ3) is 1.35. The molecule has 0 aliphatic heterocycles. The summed E-state index contributed by atoms with van der Waals surface area (Å²) in [5, 5.41) is 0. The van der Waals surface area contributed by atoms with Gasteiger partial charge in [0.1, 0.15) is 0 Å². The molecule has 2 aromatic carbocycles. The fraction of sp³-hybridized carbons (Fsp3) is 0. The molecule has 0 unspecified atom stereocenters. The molecular weight excluding hydrogens is 284 g/mol. The molecule has 0 saturated carbocycles. The van der Waals surface area contributed by atoms with Gasteiger partial charge in [-0.2, -0.15) is 0 Å². The molecule has 78 valence electrons. The Morgan fingerprint density at radius 3 is 1.50 bits per heavy atom. The number of rotatable bonds is 0. The number of fused-ring (bicyclic) bond motifs is 3. The van der Waals surface area contributed by atoms with Crippen molar-refractivity contribution in [2.75, 3.05) is 0 Å². The smallest absolute Gasteiger partial charge is 0.0754 e. The minimum Gasteiger partial charge on any atom is -0.0754 e. The normalized spacial score (nSPS) is 12.2. The summed E-state index contributed by atoms with van der Waals surface area (Å²) in [5.74, 6) is 0. The van der Waals surface area contributed by atoms with E-state index in [1.807, 2.05) is 12.1 Å². The third-order valence-electron chi connectivity index (χ3n) is 2.87. The van der Waals surface area contributed by atoms with Crippen LogP contribution in [0, 0.1) is 0 Å². The second kappa shape index (κ2) is 3.76. The van der Waals surface area contributed by atoms with Gasteiger partial charge in [-0.25, -0.2) is 0 Å². The highest BCUT2D eigenvalue weighted by Crippen LogP contribution is 2.46. The molecule has 0 fully saturated rings. The fourth-order valence-corrected chi connectivity index (χ4v) is 2.85. The Labute approximate surface area is 108 Å². The van der Waals surface area contributed by atoms with Crippen molar-refractivity contribution in [3.05, 3.63) is 63.6 Å². The zero-order valence-electron chi connectivity index (χ0n) is 8.37. The molecule has 16 heavy (non-hydrogen) atoms. The Morgan fingerprint density at radius 2 is 1.12 bits per heavy atom. The second-order valence-electron chi connectivity index (χ2n) is 3.73. The van der Waals surface area contributed by atoms with Crippen LogP contribution in [-0.4, -0.2) is 0 Å². The lowest BCUT2D eigenvalue weighted by molar-refractivity contribution is 1.65. The van der Waals surface area contributed by atoms with Crippen LogP contribution in [-0.2, 0) is 0 Å². The zero-order valence-corrected chi connectivity index (χ0v) is 10.7. The van der Waals surface area contributed by atoms with Gasteiger partial charge in [0.2, 0.25) is 0 Å². The molecule has 0 radical (unpaired) electrons. The van der Waals surface area contributed by atoms with Gasteiger partial charge in [-0.05, 0) is 38.2 Å². The minimum absolute atomic E-state index is 0.671. The summed E-state index contributed by atoms with van der Waals surface area (Å²) in [4.78, 5) is 0. The van der Waals surface area contributed by atoms with E-state index in [4.69, 9.17) is 11.6 Å². The first-order valence-corrected chi connectivity index (χ1v) is 6.20. The van der Waals surface area contributed by atoms with E-state index >= 15 is 0 Å². The number of hydrogen-bond acceptors (Lipinski definition) is 0. The lowest BCUT2D eigenvalue weighted by atomic mass is 10.1. The summed E-state index contributed by atoms with van der Waals surface area (Å²) in [5.41, 5.74) is 6.00. The van der Waals surface area contributed by atoms with E-state index < -0.39 is 0 Å². The van der Waals surface area contributed by atoms with E-state index in [1.54, 1.807) is 0 Å². The number of halogens is 2. The average molecular weight is 292 g/mol. The summed E-state index contributed by atoms with van der Waals surface area (Å²) in [6, 6.07) is 16.7. The lowest BCUT2D eigenvalue weighted by Crippen LogP contribution is -1.80. The van der Waals surface area contributed by atoms with Gasteiger partial charge in [-0.15, -0.1) is 0 Å². The molecule has 0 amide bonds. The van der Waals surface area contributed by atoms with E-state index in [1.165, 1.54) is 22.3 Å². The summed E-state index contributed by atoms with van der Waals surface area (Å²) < 4.78 is 0.671. The van der Waals surface area contributed by atoms with E-state index in [-0.39, 0.29) is 0 Å². The molecule has 1 aliphatic carbocycles. The van der Waals surface area contributed by atoms with E-state index in [2.05, 4.69) is 52.3 Å². The van der Waals surface area contributed by atoms with Crippen LogP contribution in [0.4, 0.5) is 0 Å². The third-order valence-corrected chi connectivity index (χ3v) is 3.46. The van der Waals surface area contributed by atoms with Gasteiger partial charge in [0, 0.05) is 5.57 Å². The molecule has 1 aliphatic rings. The van der Waals surface area contributed by atoms with Crippen molar-refractivity contribution < 1.29 is 0 Å². The maximum atomic E-state index is 6.14. The maximum Gasteiger partial charge on any atom is 0.0918 e. The zero-order chi connectivity index (χ0) is 11.1. The molecule has 0 N–H and O–H groups in total.